The zero-order valence-electron chi connectivity index (χ0n) is 10.1. The molecule has 1 aliphatic heterocycles. The second-order valence-corrected chi connectivity index (χ2v) is 5.24. The van der Waals surface area contributed by atoms with E-state index in [0.29, 0.717) is 17.6 Å². The van der Waals surface area contributed by atoms with E-state index < -0.39 is 0 Å². The molecule has 1 saturated heterocycles. The first-order chi connectivity index (χ1) is 8.24. The van der Waals surface area contributed by atoms with Gasteiger partial charge in [-0.2, -0.15) is 0 Å². The Morgan fingerprint density at radius 2 is 2.24 bits per heavy atom. The van der Waals surface area contributed by atoms with E-state index >= 15 is 0 Å². The summed E-state index contributed by atoms with van der Waals surface area (Å²) >= 11 is 0. The maximum absolute atomic E-state index is 9.56. The highest BCUT2D eigenvalue weighted by Gasteiger charge is 2.35. The number of phenolic OH excluding ortho intramolecular Hbond substituents is 1. The molecule has 0 radical (unpaired) electrons. The first-order valence-electron chi connectivity index (χ1n) is 6.31. The summed E-state index contributed by atoms with van der Waals surface area (Å²) in [5, 5.41) is 9.56. The van der Waals surface area contributed by atoms with Crippen LogP contribution < -0.4 is 0 Å². The smallest absolute Gasteiger partial charge is 0.115 e. The van der Waals surface area contributed by atoms with Crippen molar-refractivity contribution in [1.82, 2.24) is 0 Å². The monoisotopic (exact) mass is 230 g/mol. The van der Waals surface area contributed by atoms with Crippen LogP contribution in [0.2, 0.25) is 0 Å². The van der Waals surface area contributed by atoms with Gasteiger partial charge in [-0.25, -0.2) is 0 Å². The Bertz CT molecular complexity index is 450. The number of benzene rings is 1. The largest absolute Gasteiger partial charge is 0.508 e. The number of phenols is 1. The van der Waals surface area contributed by atoms with Crippen molar-refractivity contribution in [2.75, 3.05) is 6.61 Å². The second kappa shape index (κ2) is 4.19. The molecule has 3 atom stereocenters. The normalized spacial score (nSPS) is 32.1. The van der Waals surface area contributed by atoms with E-state index in [4.69, 9.17) is 4.74 Å². The fourth-order valence-corrected chi connectivity index (χ4v) is 3.03. The zero-order valence-corrected chi connectivity index (χ0v) is 10.1. The van der Waals surface area contributed by atoms with Crippen LogP contribution in [0, 0.1) is 11.8 Å². The van der Waals surface area contributed by atoms with Gasteiger partial charge in [0.15, 0.2) is 0 Å². The lowest BCUT2D eigenvalue weighted by molar-refractivity contribution is -0.0513. The van der Waals surface area contributed by atoms with E-state index in [1.165, 1.54) is 12.0 Å². The summed E-state index contributed by atoms with van der Waals surface area (Å²) in [6.45, 7) is 3.05. The Hall–Kier alpha value is -1.28. The molecule has 0 amide bonds. The summed E-state index contributed by atoms with van der Waals surface area (Å²) in [5.74, 6) is 1.51. The molecule has 1 fully saturated rings. The Balaban J connectivity index is 1.93. The third kappa shape index (κ3) is 1.98. The standard InChI is InChI=1S/C15H18O2/c1-10-5-6-11-7-14(10)15(17-9-11)12-3-2-4-13(16)8-12/h2-5,8,11,14-16H,6-7,9H2,1H3/t11-,14-,15-/m0/s1. The van der Waals surface area contributed by atoms with Crippen molar-refractivity contribution in [1.29, 1.82) is 0 Å². The molecule has 90 valence electrons. The van der Waals surface area contributed by atoms with Crippen LogP contribution >= 0.6 is 0 Å². The van der Waals surface area contributed by atoms with Crippen LogP contribution in [-0.4, -0.2) is 11.7 Å². The van der Waals surface area contributed by atoms with Crippen LogP contribution in [0.1, 0.15) is 31.4 Å². The minimum absolute atomic E-state index is 0.120. The summed E-state index contributed by atoms with van der Waals surface area (Å²) in [6.07, 6.45) is 4.87. The van der Waals surface area contributed by atoms with E-state index in [1.54, 1.807) is 6.07 Å². The van der Waals surface area contributed by atoms with Crippen LogP contribution in [-0.2, 0) is 4.74 Å². The lowest BCUT2D eigenvalue weighted by atomic mass is 9.75. The van der Waals surface area contributed by atoms with Crippen LogP contribution in [0.4, 0.5) is 0 Å². The van der Waals surface area contributed by atoms with Crippen LogP contribution in [0.5, 0.6) is 5.75 Å². The highest BCUT2D eigenvalue weighted by Crippen LogP contribution is 2.44. The summed E-state index contributed by atoms with van der Waals surface area (Å²) < 4.78 is 6.00. The van der Waals surface area contributed by atoms with Gasteiger partial charge in [-0.1, -0.05) is 23.8 Å². The van der Waals surface area contributed by atoms with Gasteiger partial charge in [0.2, 0.25) is 0 Å². The highest BCUT2D eigenvalue weighted by atomic mass is 16.5. The van der Waals surface area contributed by atoms with Crippen molar-refractivity contribution < 1.29 is 9.84 Å². The minimum atomic E-state index is 0.120. The summed E-state index contributed by atoms with van der Waals surface area (Å²) in [5.41, 5.74) is 2.54. The number of hydrogen-bond donors (Lipinski definition) is 1. The molecule has 1 N–H and O–H groups in total. The summed E-state index contributed by atoms with van der Waals surface area (Å²) in [4.78, 5) is 0. The number of rotatable bonds is 1. The molecular weight excluding hydrogens is 212 g/mol. The van der Waals surface area contributed by atoms with Gasteiger partial charge in [-0.3, -0.25) is 0 Å². The number of hydrogen-bond acceptors (Lipinski definition) is 2. The van der Waals surface area contributed by atoms with Gasteiger partial charge in [0.25, 0.3) is 0 Å². The molecular formula is C15H18O2. The maximum Gasteiger partial charge on any atom is 0.115 e. The molecule has 3 rings (SSSR count). The predicted octanol–water partition coefficient (Wildman–Crippen LogP) is 3.44. The molecule has 0 spiro atoms. The first-order valence-corrected chi connectivity index (χ1v) is 6.31. The van der Waals surface area contributed by atoms with Crippen molar-refractivity contribution in [2.45, 2.75) is 25.9 Å². The summed E-state index contributed by atoms with van der Waals surface area (Å²) in [6, 6.07) is 7.47. The molecule has 1 heterocycles. The van der Waals surface area contributed by atoms with Gasteiger partial charge < -0.3 is 9.84 Å². The molecule has 1 aliphatic carbocycles. The Morgan fingerprint density at radius 1 is 1.35 bits per heavy atom. The molecule has 2 nitrogen and oxygen atoms in total. The molecule has 0 saturated carbocycles. The van der Waals surface area contributed by atoms with Crippen LogP contribution in [0.25, 0.3) is 0 Å². The van der Waals surface area contributed by atoms with Crippen molar-refractivity contribution in [3.8, 4) is 5.75 Å². The van der Waals surface area contributed by atoms with Gasteiger partial charge in [-0.15, -0.1) is 0 Å². The van der Waals surface area contributed by atoms with Crippen molar-refractivity contribution in [3.63, 3.8) is 0 Å². The zero-order chi connectivity index (χ0) is 11.8. The quantitative estimate of drug-likeness (QED) is 0.749. The van der Waals surface area contributed by atoms with Gasteiger partial charge in [0.1, 0.15) is 5.75 Å². The number of allylic oxidation sites excluding steroid dienone is 1. The first kappa shape index (κ1) is 10.8. The lowest BCUT2D eigenvalue weighted by Gasteiger charge is -2.40. The molecule has 2 aliphatic rings. The average Bonchev–Trinajstić information content (AvgIpc) is 2.34. The van der Waals surface area contributed by atoms with E-state index in [9.17, 15) is 5.11 Å². The Labute approximate surface area is 102 Å². The van der Waals surface area contributed by atoms with Crippen molar-refractivity contribution in [2.24, 2.45) is 11.8 Å². The second-order valence-electron chi connectivity index (χ2n) is 5.24. The third-order valence-electron chi connectivity index (χ3n) is 4.02. The van der Waals surface area contributed by atoms with E-state index in [0.717, 1.165) is 18.6 Å². The topological polar surface area (TPSA) is 29.5 Å². The lowest BCUT2D eigenvalue weighted by Crippen LogP contribution is -2.32. The van der Waals surface area contributed by atoms with E-state index in [-0.39, 0.29) is 6.10 Å². The summed E-state index contributed by atoms with van der Waals surface area (Å²) in [7, 11) is 0. The molecule has 0 unspecified atom stereocenters. The maximum atomic E-state index is 9.56. The highest BCUT2D eigenvalue weighted by molar-refractivity contribution is 5.31. The SMILES string of the molecule is CC1=CC[C@@H]2CO[C@@H](c3cccc(O)c3)[C@H]1C2. The molecule has 1 aromatic carbocycles. The van der Waals surface area contributed by atoms with Gasteiger partial charge in [-0.05, 0) is 43.4 Å². The fourth-order valence-electron chi connectivity index (χ4n) is 3.03. The number of aromatic hydroxyl groups is 1. The molecule has 17 heavy (non-hydrogen) atoms. The van der Waals surface area contributed by atoms with Crippen molar-refractivity contribution >= 4 is 0 Å². The van der Waals surface area contributed by atoms with E-state index in [1.807, 2.05) is 18.2 Å². The average molecular weight is 230 g/mol. The van der Waals surface area contributed by atoms with Gasteiger partial charge in [0, 0.05) is 5.92 Å². The number of ether oxygens (including phenoxy) is 1. The minimum Gasteiger partial charge on any atom is -0.508 e. The Morgan fingerprint density at radius 3 is 3.06 bits per heavy atom. The van der Waals surface area contributed by atoms with Crippen LogP contribution in [0.15, 0.2) is 35.9 Å². The van der Waals surface area contributed by atoms with Crippen LogP contribution in [0.3, 0.4) is 0 Å². The molecule has 2 bridgehead atoms. The predicted molar refractivity (Wildman–Crippen MR) is 66.8 cm³/mol. The molecule has 1 aromatic rings. The van der Waals surface area contributed by atoms with Gasteiger partial charge >= 0.3 is 0 Å². The Kier molecular flexibility index (Phi) is 2.67. The number of fused-ring (bicyclic) bond motifs is 2. The molecule has 2 heteroatoms. The molecule has 0 aromatic heterocycles. The third-order valence-corrected chi connectivity index (χ3v) is 4.02. The van der Waals surface area contributed by atoms with Gasteiger partial charge in [0.05, 0.1) is 12.7 Å². The van der Waals surface area contributed by atoms with Crippen molar-refractivity contribution in [3.05, 3.63) is 41.5 Å². The fraction of sp³-hybridized carbons (Fsp3) is 0.467. The van der Waals surface area contributed by atoms with E-state index in [2.05, 4.69) is 13.0 Å².